The predicted molar refractivity (Wildman–Crippen MR) is 103 cm³/mol. The van der Waals surface area contributed by atoms with E-state index < -0.39 is 20.8 Å². The first-order chi connectivity index (χ1) is 12.7. The number of carbonyl (C=O) groups excluding carboxylic acids is 1. The summed E-state index contributed by atoms with van der Waals surface area (Å²) in [6.45, 7) is 3.77. The maximum Gasteiger partial charge on any atom is 0.270 e. The molecule has 0 spiro atoms. The number of carbonyl (C=O) groups is 1. The number of rotatable bonds is 4. The van der Waals surface area contributed by atoms with Gasteiger partial charge in [0.2, 0.25) is 0 Å². The van der Waals surface area contributed by atoms with E-state index in [1.807, 2.05) is 0 Å². The largest absolute Gasteiger partial charge is 0.371 e. The number of sulfone groups is 1. The Morgan fingerprint density at radius 2 is 1.93 bits per heavy atom. The molecule has 148 valence electrons. The molecule has 2 fully saturated rings. The summed E-state index contributed by atoms with van der Waals surface area (Å²) in [5, 5.41) is 11.2. The second-order valence-electron chi connectivity index (χ2n) is 7.60. The predicted octanol–water partition coefficient (Wildman–Crippen LogP) is 2.09. The number of benzene rings is 1. The second-order valence-corrected chi connectivity index (χ2v) is 9.83. The number of piperidine rings is 1. The van der Waals surface area contributed by atoms with Crippen molar-refractivity contribution in [1.29, 1.82) is 0 Å². The van der Waals surface area contributed by atoms with Crippen LogP contribution >= 0.6 is 0 Å². The highest BCUT2D eigenvalue weighted by molar-refractivity contribution is 7.91. The summed E-state index contributed by atoms with van der Waals surface area (Å²) >= 11 is 0. The van der Waals surface area contributed by atoms with Crippen molar-refractivity contribution >= 4 is 27.1 Å². The standard InChI is InChI=1S/C18H25N3O5S/c1-13-5-8-20(9-6-13)17-4-3-14(21(23)24)11-16(17)18(22)19(2)15-7-10-27(25,26)12-15/h3-4,11,13,15H,5-10,12H2,1-2H3. The van der Waals surface area contributed by atoms with Crippen LogP contribution in [0.3, 0.4) is 0 Å². The molecular formula is C18H25N3O5S. The maximum atomic E-state index is 13.1. The first-order valence-electron chi connectivity index (χ1n) is 9.19. The third kappa shape index (κ3) is 4.23. The SMILES string of the molecule is CC1CCN(c2ccc([N+](=O)[O-])cc2C(=O)N(C)C2CCS(=O)(=O)C2)CC1. The van der Waals surface area contributed by atoms with Gasteiger partial charge in [0.15, 0.2) is 9.84 Å². The Balaban J connectivity index is 1.92. The van der Waals surface area contributed by atoms with Crippen molar-refractivity contribution in [2.45, 2.75) is 32.2 Å². The molecule has 1 aromatic rings. The average molecular weight is 395 g/mol. The molecule has 1 amide bonds. The third-order valence-corrected chi connectivity index (χ3v) is 7.37. The minimum atomic E-state index is -3.13. The molecule has 1 aromatic carbocycles. The van der Waals surface area contributed by atoms with E-state index in [1.165, 1.54) is 17.0 Å². The van der Waals surface area contributed by atoms with Crippen molar-refractivity contribution in [3.8, 4) is 0 Å². The Kier molecular flexibility index (Phi) is 5.41. The molecule has 27 heavy (non-hydrogen) atoms. The number of nitro benzene ring substituents is 1. The van der Waals surface area contributed by atoms with Crippen molar-refractivity contribution in [2.24, 2.45) is 5.92 Å². The van der Waals surface area contributed by atoms with Gasteiger partial charge >= 0.3 is 0 Å². The van der Waals surface area contributed by atoms with E-state index >= 15 is 0 Å². The number of anilines is 1. The molecule has 2 heterocycles. The molecule has 2 aliphatic heterocycles. The highest BCUT2D eigenvalue weighted by atomic mass is 32.2. The van der Waals surface area contributed by atoms with Crippen LogP contribution in [-0.2, 0) is 9.84 Å². The zero-order valence-corrected chi connectivity index (χ0v) is 16.4. The fraction of sp³-hybridized carbons (Fsp3) is 0.611. The number of amides is 1. The lowest BCUT2D eigenvalue weighted by atomic mass is 9.97. The highest BCUT2D eigenvalue weighted by Gasteiger charge is 2.34. The Morgan fingerprint density at radius 1 is 1.26 bits per heavy atom. The monoisotopic (exact) mass is 395 g/mol. The van der Waals surface area contributed by atoms with E-state index in [2.05, 4.69) is 11.8 Å². The van der Waals surface area contributed by atoms with Gasteiger partial charge in [-0.15, -0.1) is 0 Å². The fourth-order valence-corrected chi connectivity index (χ4v) is 5.55. The van der Waals surface area contributed by atoms with Gasteiger partial charge in [0.1, 0.15) is 0 Å². The van der Waals surface area contributed by atoms with E-state index in [1.54, 1.807) is 13.1 Å². The molecule has 0 saturated carbocycles. The summed E-state index contributed by atoms with van der Waals surface area (Å²) in [6, 6.07) is 3.98. The number of non-ortho nitro benzene ring substituents is 1. The van der Waals surface area contributed by atoms with Crippen molar-refractivity contribution in [3.63, 3.8) is 0 Å². The van der Waals surface area contributed by atoms with Gasteiger partial charge in [-0.05, 0) is 31.2 Å². The van der Waals surface area contributed by atoms with Crippen LogP contribution in [0.25, 0.3) is 0 Å². The number of nitrogens with zero attached hydrogens (tertiary/aromatic N) is 3. The summed E-state index contributed by atoms with van der Waals surface area (Å²) in [4.78, 5) is 27.3. The molecule has 2 saturated heterocycles. The molecule has 1 atom stereocenters. The van der Waals surface area contributed by atoms with E-state index in [4.69, 9.17) is 0 Å². The van der Waals surface area contributed by atoms with Gasteiger partial charge in [-0.25, -0.2) is 8.42 Å². The topological polar surface area (TPSA) is 101 Å². The number of hydrogen-bond acceptors (Lipinski definition) is 6. The fourth-order valence-electron chi connectivity index (χ4n) is 3.77. The van der Waals surface area contributed by atoms with Crippen molar-refractivity contribution < 1.29 is 18.1 Å². The normalized spacial score (nSPS) is 22.6. The van der Waals surface area contributed by atoms with Crippen LogP contribution in [0.1, 0.15) is 36.5 Å². The van der Waals surface area contributed by atoms with E-state index in [0.717, 1.165) is 25.9 Å². The van der Waals surface area contributed by atoms with Gasteiger partial charge in [-0.2, -0.15) is 0 Å². The minimum Gasteiger partial charge on any atom is -0.371 e. The number of nitro groups is 1. The Bertz CT molecular complexity index is 847. The first kappa shape index (κ1) is 19.6. The summed E-state index contributed by atoms with van der Waals surface area (Å²) in [5.74, 6) is 0.265. The smallest absolute Gasteiger partial charge is 0.270 e. The van der Waals surface area contributed by atoms with Gasteiger partial charge in [0.25, 0.3) is 11.6 Å². The molecule has 3 rings (SSSR count). The summed E-state index contributed by atoms with van der Waals surface area (Å²) in [5.41, 5.74) is 0.815. The van der Waals surface area contributed by atoms with Gasteiger partial charge in [-0.3, -0.25) is 14.9 Å². The molecule has 8 nitrogen and oxygen atoms in total. The van der Waals surface area contributed by atoms with Crippen molar-refractivity contribution in [2.75, 3.05) is 36.5 Å². The Hall–Kier alpha value is -2.16. The number of hydrogen-bond donors (Lipinski definition) is 0. The zero-order chi connectivity index (χ0) is 19.8. The lowest BCUT2D eigenvalue weighted by Crippen LogP contribution is -2.39. The average Bonchev–Trinajstić information content (AvgIpc) is 3.00. The quantitative estimate of drug-likeness (QED) is 0.572. The molecule has 0 N–H and O–H groups in total. The van der Waals surface area contributed by atoms with Crippen LogP contribution in [0, 0.1) is 16.0 Å². The summed E-state index contributed by atoms with van der Waals surface area (Å²) < 4.78 is 23.5. The van der Waals surface area contributed by atoms with Crippen molar-refractivity contribution in [3.05, 3.63) is 33.9 Å². The van der Waals surface area contributed by atoms with E-state index in [0.29, 0.717) is 18.0 Å². The van der Waals surface area contributed by atoms with Crippen LogP contribution in [0.4, 0.5) is 11.4 Å². The third-order valence-electron chi connectivity index (χ3n) is 5.62. The van der Waals surface area contributed by atoms with Gasteiger partial charge < -0.3 is 9.80 Å². The highest BCUT2D eigenvalue weighted by Crippen LogP contribution is 2.31. The minimum absolute atomic E-state index is 0.0548. The first-order valence-corrected chi connectivity index (χ1v) is 11.0. The molecule has 2 aliphatic rings. The Labute approximate surface area is 159 Å². The molecule has 0 aliphatic carbocycles. The van der Waals surface area contributed by atoms with Crippen LogP contribution in [0.2, 0.25) is 0 Å². The van der Waals surface area contributed by atoms with E-state index in [-0.39, 0.29) is 28.7 Å². The van der Waals surface area contributed by atoms with E-state index in [9.17, 15) is 23.3 Å². The molecular weight excluding hydrogens is 370 g/mol. The molecule has 1 unspecified atom stereocenters. The van der Waals surface area contributed by atoms with Gasteiger partial charge in [-0.1, -0.05) is 6.92 Å². The van der Waals surface area contributed by atoms with Crippen LogP contribution in [0.5, 0.6) is 0 Å². The lowest BCUT2D eigenvalue weighted by molar-refractivity contribution is -0.384. The molecule has 0 bridgehead atoms. The van der Waals surface area contributed by atoms with Gasteiger partial charge in [0.05, 0.1) is 27.7 Å². The van der Waals surface area contributed by atoms with Crippen LogP contribution in [-0.4, -0.2) is 61.8 Å². The maximum absolute atomic E-state index is 13.1. The second kappa shape index (κ2) is 7.46. The molecule has 0 aromatic heterocycles. The van der Waals surface area contributed by atoms with Crippen LogP contribution < -0.4 is 4.90 Å². The Morgan fingerprint density at radius 3 is 2.48 bits per heavy atom. The summed E-state index contributed by atoms with van der Waals surface area (Å²) in [6.07, 6.45) is 2.40. The lowest BCUT2D eigenvalue weighted by Gasteiger charge is -2.34. The molecule has 9 heteroatoms. The van der Waals surface area contributed by atoms with Gasteiger partial charge in [0, 0.05) is 38.3 Å². The van der Waals surface area contributed by atoms with Crippen molar-refractivity contribution in [1.82, 2.24) is 4.90 Å². The molecule has 0 radical (unpaired) electrons. The van der Waals surface area contributed by atoms with Crippen LogP contribution in [0.15, 0.2) is 18.2 Å². The summed E-state index contributed by atoms with van der Waals surface area (Å²) in [7, 11) is -1.55. The zero-order valence-electron chi connectivity index (χ0n) is 15.6.